The summed E-state index contributed by atoms with van der Waals surface area (Å²) >= 11 is 9.04. The number of fused-ring (bicyclic) bond motifs is 6. The Morgan fingerprint density at radius 3 is 1.91 bits per heavy atom. The highest BCUT2D eigenvalue weighted by Gasteiger charge is 2.11. The second-order valence-electron chi connectivity index (χ2n) is 8.52. The molecule has 5 aromatic carbocycles. The van der Waals surface area contributed by atoms with E-state index < -0.39 is 0 Å². The fourth-order valence-corrected chi connectivity index (χ4v) is 7.77. The molecule has 0 unspecified atom stereocenters. The van der Waals surface area contributed by atoms with Gasteiger partial charge in [-0.3, -0.25) is 0 Å². The Balaban J connectivity index is 0.000000133. The van der Waals surface area contributed by atoms with Crippen LogP contribution in [0.15, 0.2) is 118 Å². The van der Waals surface area contributed by atoms with Crippen LogP contribution in [0.4, 0.5) is 0 Å². The fourth-order valence-electron chi connectivity index (χ4n) is 4.82. The molecule has 2 aromatic heterocycles. The van der Waals surface area contributed by atoms with Gasteiger partial charge in [-0.1, -0.05) is 98.6 Å². The number of aromatic nitrogens is 1. The van der Waals surface area contributed by atoms with E-state index in [9.17, 15) is 0 Å². The van der Waals surface area contributed by atoms with E-state index in [0.29, 0.717) is 0 Å². The smallest absolute Gasteiger partial charge is 0.0541 e. The highest BCUT2D eigenvalue weighted by atomic mass is 79.9. The Morgan fingerprint density at radius 2 is 1.23 bits per heavy atom. The molecule has 7 rings (SSSR count). The Bertz CT molecular complexity index is 1780. The Kier molecular flexibility index (Phi) is 5.97. The molecule has 0 radical (unpaired) electrons. The number of hydrogen-bond acceptors (Lipinski definition) is 1. The largest absolute Gasteiger partial charge is 0.309 e. The predicted molar refractivity (Wildman–Crippen MR) is 160 cm³/mol. The molecule has 1 nitrogen and oxygen atoms in total. The number of halogens is 2. The zero-order chi connectivity index (χ0) is 23.9. The lowest BCUT2D eigenvalue weighted by Gasteiger charge is -2.06. The number of benzene rings is 5. The first-order chi connectivity index (χ1) is 17.1. The molecule has 7 aromatic rings. The fraction of sp³-hybridized carbons (Fsp3) is 0.0323. The van der Waals surface area contributed by atoms with Crippen LogP contribution in [-0.4, -0.2) is 4.57 Å². The Morgan fingerprint density at radius 1 is 0.600 bits per heavy atom. The molecule has 0 aliphatic rings. The van der Waals surface area contributed by atoms with Crippen LogP contribution in [0.1, 0.15) is 5.56 Å². The summed E-state index contributed by atoms with van der Waals surface area (Å²) in [6, 6.07) is 38.4. The van der Waals surface area contributed by atoms with E-state index in [1.165, 1.54) is 53.2 Å². The summed E-state index contributed by atoms with van der Waals surface area (Å²) in [4.78, 5) is 0. The maximum atomic E-state index is 3.66. The third-order valence-corrected chi connectivity index (χ3v) is 8.50. The molecule has 2 heterocycles. The first-order valence-corrected chi connectivity index (χ1v) is 13.8. The van der Waals surface area contributed by atoms with Gasteiger partial charge in [-0.05, 0) is 55.0 Å². The molecule has 0 N–H and O–H groups in total. The lowest BCUT2D eigenvalue weighted by atomic mass is 10.1. The molecule has 0 saturated heterocycles. The number of thiophene rings is 1. The molecule has 170 valence electrons. The summed E-state index contributed by atoms with van der Waals surface area (Å²) in [5.74, 6) is 0. The zero-order valence-corrected chi connectivity index (χ0v) is 23.0. The quantitative estimate of drug-likeness (QED) is 0.177. The van der Waals surface area contributed by atoms with Crippen molar-refractivity contribution in [3.8, 4) is 5.69 Å². The van der Waals surface area contributed by atoms with Crippen LogP contribution in [0.25, 0.3) is 47.7 Å². The van der Waals surface area contributed by atoms with Crippen LogP contribution in [0.5, 0.6) is 0 Å². The van der Waals surface area contributed by atoms with Gasteiger partial charge in [0.25, 0.3) is 0 Å². The van der Waals surface area contributed by atoms with Crippen LogP contribution < -0.4 is 0 Å². The molecule has 0 saturated carbocycles. The molecular weight excluding hydrogens is 578 g/mol. The molecule has 0 atom stereocenters. The van der Waals surface area contributed by atoms with Gasteiger partial charge >= 0.3 is 0 Å². The van der Waals surface area contributed by atoms with Gasteiger partial charge in [0, 0.05) is 45.6 Å². The number of nitrogens with zero attached hydrogens (tertiary/aromatic N) is 1. The van der Waals surface area contributed by atoms with Crippen molar-refractivity contribution in [2.75, 3.05) is 0 Å². The molecule has 0 bridgehead atoms. The topological polar surface area (TPSA) is 4.93 Å². The highest BCUT2D eigenvalue weighted by Crippen LogP contribution is 2.41. The minimum atomic E-state index is 1.12. The van der Waals surface area contributed by atoms with Crippen LogP contribution in [0.2, 0.25) is 0 Å². The average molecular weight is 599 g/mol. The normalized spacial score (nSPS) is 11.3. The number of para-hydroxylation sites is 3. The maximum absolute atomic E-state index is 3.66. The van der Waals surface area contributed by atoms with Gasteiger partial charge in [-0.25, -0.2) is 0 Å². The second kappa shape index (κ2) is 9.27. The van der Waals surface area contributed by atoms with Crippen LogP contribution >= 0.6 is 43.2 Å². The summed E-state index contributed by atoms with van der Waals surface area (Å²) in [5, 5.41) is 5.33. The summed E-state index contributed by atoms with van der Waals surface area (Å²) in [5.41, 5.74) is 5.07. The van der Waals surface area contributed by atoms with Gasteiger partial charge in [0.2, 0.25) is 0 Å². The van der Waals surface area contributed by atoms with Crippen LogP contribution in [0.3, 0.4) is 0 Å². The van der Waals surface area contributed by atoms with Crippen molar-refractivity contribution in [3.63, 3.8) is 0 Å². The van der Waals surface area contributed by atoms with Gasteiger partial charge < -0.3 is 4.57 Å². The lowest BCUT2D eigenvalue weighted by molar-refractivity contribution is 1.18. The standard InChI is InChI=1S/C18H13N.C13H8Br2S/c1-2-8-14(9-3-1)19-17-12-6-4-10-15(17)16-11-5-7-13-18(16)19;1-7-3-2-4-10-12(7)13-9(15)5-8(14)6-11(13)16-10/h1-13H;2-6H,1H3. The van der Waals surface area contributed by atoms with Crippen molar-refractivity contribution in [2.45, 2.75) is 6.92 Å². The molecule has 0 aliphatic heterocycles. The van der Waals surface area contributed by atoms with E-state index in [0.717, 1.165) is 8.95 Å². The molecule has 4 heteroatoms. The molecule has 0 fully saturated rings. The van der Waals surface area contributed by atoms with E-state index in [4.69, 9.17) is 0 Å². The summed E-state index contributed by atoms with van der Waals surface area (Å²) in [6.07, 6.45) is 0. The van der Waals surface area contributed by atoms with Gasteiger partial charge in [0.1, 0.15) is 0 Å². The molecule has 35 heavy (non-hydrogen) atoms. The van der Waals surface area contributed by atoms with E-state index in [2.05, 4.69) is 153 Å². The number of aryl methyl sites for hydroxylation is 1. The SMILES string of the molecule is Cc1cccc2sc3cc(Br)cc(Br)c3c12.c1ccc(-n2c3ccccc3c3ccccc32)cc1. The zero-order valence-electron chi connectivity index (χ0n) is 19.0. The van der Waals surface area contributed by atoms with Gasteiger partial charge in [-0.2, -0.15) is 0 Å². The monoisotopic (exact) mass is 597 g/mol. The Hall–Kier alpha value is -2.92. The van der Waals surface area contributed by atoms with E-state index in [1.54, 1.807) is 0 Å². The van der Waals surface area contributed by atoms with E-state index in [1.807, 2.05) is 11.3 Å². The first kappa shape index (κ1) is 22.5. The van der Waals surface area contributed by atoms with Crippen molar-refractivity contribution in [1.29, 1.82) is 0 Å². The molecule has 0 aliphatic carbocycles. The molecule has 0 amide bonds. The highest BCUT2D eigenvalue weighted by molar-refractivity contribution is 9.11. The maximum Gasteiger partial charge on any atom is 0.0541 e. The van der Waals surface area contributed by atoms with Crippen LogP contribution in [-0.2, 0) is 0 Å². The second-order valence-corrected chi connectivity index (χ2v) is 11.4. The molecular formula is C31H21Br2NS. The Labute approximate surface area is 224 Å². The van der Waals surface area contributed by atoms with Crippen LogP contribution in [0, 0.1) is 6.92 Å². The average Bonchev–Trinajstić information content (AvgIpc) is 3.42. The summed E-state index contributed by atoms with van der Waals surface area (Å²) in [7, 11) is 0. The van der Waals surface area contributed by atoms with Gasteiger partial charge in [0.15, 0.2) is 0 Å². The minimum absolute atomic E-state index is 1.12. The third kappa shape index (κ3) is 4.00. The number of rotatable bonds is 1. The van der Waals surface area contributed by atoms with Crippen molar-refractivity contribution in [3.05, 3.63) is 124 Å². The summed E-state index contributed by atoms with van der Waals surface area (Å²) in [6.45, 7) is 2.17. The minimum Gasteiger partial charge on any atom is -0.309 e. The van der Waals surface area contributed by atoms with Gasteiger partial charge in [-0.15, -0.1) is 11.3 Å². The first-order valence-electron chi connectivity index (χ1n) is 11.4. The summed E-state index contributed by atoms with van der Waals surface area (Å²) < 4.78 is 7.29. The van der Waals surface area contributed by atoms with E-state index >= 15 is 0 Å². The van der Waals surface area contributed by atoms with Crippen molar-refractivity contribution >= 4 is 85.2 Å². The van der Waals surface area contributed by atoms with Crippen molar-refractivity contribution in [2.24, 2.45) is 0 Å². The van der Waals surface area contributed by atoms with Crippen molar-refractivity contribution < 1.29 is 0 Å². The van der Waals surface area contributed by atoms with Crippen molar-refractivity contribution in [1.82, 2.24) is 4.57 Å². The third-order valence-electron chi connectivity index (χ3n) is 6.32. The lowest BCUT2D eigenvalue weighted by Crippen LogP contribution is -1.92. The predicted octanol–water partition coefficient (Wildman–Crippen LogP) is 10.7. The van der Waals surface area contributed by atoms with Gasteiger partial charge in [0.05, 0.1) is 11.0 Å². The number of hydrogen-bond donors (Lipinski definition) is 0. The molecule has 0 spiro atoms. The van der Waals surface area contributed by atoms with E-state index in [-0.39, 0.29) is 0 Å².